The van der Waals surface area contributed by atoms with E-state index < -0.39 is 0 Å². The lowest BCUT2D eigenvalue weighted by Gasteiger charge is -2.17. The largest absolute Gasteiger partial charge is 0.491 e. The van der Waals surface area contributed by atoms with E-state index >= 15 is 0 Å². The molecule has 1 heterocycles. The smallest absolute Gasteiger partial charge is 0.329 e. The predicted molar refractivity (Wildman–Crippen MR) is 72.3 cm³/mol. The molecule has 2 aromatic rings. The zero-order valence-electron chi connectivity index (χ0n) is 11.1. The van der Waals surface area contributed by atoms with Crippen LogP contribution in [0.4, 0.5) is 4.79 Å². The molecule has 0 spiro atoms. The van der Waals surface area contributed by atoms with E-state index in [1.807, 2.05) is 31.2 Å². The van der Waals surface area contributed by atoms with Gasteiger partial charge in [-0.3, -0.25) is 4.57 Å². The van der Waals surface area contributed by atoms with Crippen molar-refractivity contribution in [2.24, 2.45) is 0 Å². The van der Waals surface area contributed by atoms with Gasteiger partial charge in [0.25, 0.3) is 0 Å². The first-order valence-corrected chi connectivity index (χ1v) is 6.10. The lowest BCUT2D eigenvalue weighted by molar-refractivity contribution is 0.196. The van der Waals surface area contributed by atoms with E-state index in [-0.39, 0.29) is 6.03 Å². The van der Waals surface area contributed by atoms with Gasteiger partial charge in [-0.15, -0.1) is 0 Å². The van der Waals surface area contributed by atoms with Gasteiger partial charge >= 0.3 is 6.03 Å². The number of rotatable bonds is 4. The highest BCUT2D eigenvalue weighted by Gasteiger charge is 2.10. The molecule has 0 N–H and O–H groups in total. The maximum atomic E-state index is 11.9. The Labute approximate surface area is 112 Å². The van der Waals surface area contributed by atoms with Gasteiger partial charge in [0.1, 0.15) is 18.7 Å². The maximum absolute atomic E-state index is 11.9. The molecule has 0 aliphatic carbocycles. The van der Waals surface area contributed by atoms with Gasteiger partial charge < -0.3 is 9.64 Å². The fourth-order valence-corrected chi connectivity index (χ4v) is 1.68. The summed E-state index contributed by atoms with van der Waals surface area (Å²) in [5, 5.41) is 0. The zero-order valence-corrected chi connectivity index (χ0v) is 11.1. The lowest BCUT2D eigenvalue weighted by atomic mass is 10.2. The standard InChI is InChI=1S/C14H17N3O2/c1-12-5-3-4-6-13(12)19-10-9-16(2)14(18)17-8-7-15-11-17/h3-8,11H,9-10H2,1-2H3. The number of benzene rings is 1. The number of likely N-dealkylation sites (N-methyl/N-ethyl adjacent to an activating group) is 1. The molecule has 1 amide bonds. The van der Waals surface area contributed by atoms with Gasteiger partial charge in [0.2, 0.25) is 0 Å². The third-order valence-corrected chi connectivity index (χ3v) is 2.83. The Hall–Kier alpha value is -2.30. The number of hydrogen-bond acceptors (Lipinski definition) is 3. The van der Waals surface area contributed by atoms with Crippen LogP contribution >= 0.6 is 0 Å². The van der Waals surface area contributed by atoms with Crippen molar-refractivity contribution in [3.05, 3.63) is 48.5 Å². The Morgan fingerprint density at radius 2 is 2.21 bits per heavy atom. The van der Waals surface area contributed by atoms with Gasteiger partial charge in [-0.1, -0.05) is 18.2 Å². The molecule has 0 unspecified atom stereocenters. The van der Waals surface area contributed by atoms with E-state index in [1.165, 1.54) is 10.9 Å². The molecule has 0 radical (unpaired) electrons. The molecule has 100 valence electrons. The molecule has 1 aromatic heterocycles. The summed E-state index contributed by atoms with van der Waals surface area (Å²) < 4.78 is 7.09. The molecule has 0 bridgehead atoms. The molecule has 5 nitrogen and oxygen atoms in total. The Morgan fingerprint density at radius 3 is 2.89 bits per heavy atom. The first-order valence-electron chi connectivity index (χ1n) is 6.10. The van der Waals surface area contributed by atoms with Gasteiger partial charge in [-0.05, 0) is 18.6 Å². The van der Waals surface area contributed by atoms with Gasteiger partial charge in [0.15, 0.2) is 0 Å². The van der Waals surface area contributed by atoms with Crippen molar-refractivity contribution < 1.29 is 9.53 Å². The molecule has 0 fully saturated rings. The van der Waals surface area contributed by atoms with Crippen LogP contribution in [0.2, 0.25) is 0 Å². The van der Waals surface area contributed by atoms with Crippen LogP contribution in [0.15, 0.2) is 43.0 Å². The van der Waals surface area contributed by atoms with Crippen LogP contribution in [0, 0.1) is 6.92 Å². The SMILES string of the molecule is Cc1ccccc1OCCN(C)C(=O)n1ccnc1. The minimum absolute atomic E-state index is 0.120. The molecule has 0 atom stereocenters. The normalized spacial score (nSPS) is 10.2. The van der Waals surface area contributed by atoms with Gasteiger partial charge in [0.05, 0.1) is 6.54 Å². The third kappa shape index (κ3) is 3.34. The lowest BCUT2D eigenvalue weighted by Crippen LogP contribution is -2.33. The van der Waals surface area contributed by atoms with E-state index in [0.29, 0.717) is 13.2 Å². The van der Waals surface area contributed by atoms with Crippen LogP contribution in [-0.2, 0) is 0 Å². The summed E-state index contributed by atoms with van der Waals surface area (Å²) in [7, 11) is 1.74. The molecule has 0 saturated heterocycles. The van der Waals surface area contributed by atoms with Crippen molar-refractivity contribution in [2.75, 3.05) is 20.2 Å². The summed E-state index contributed by atoms with van der Waals surface area (Å²) in [4.78, 5) is 17.4. The number of amides is 1. The quantitative estimate of drug-likeness (QED) is 0.845. The van der Waals surface area contributed by atoms with Crippen molar-refractivity contribution >= 4 is 6.03 Å². The number of imidazole rings is 1. The number of carbonyl (C=O) groups excluding carboxylic acids is 1. The Balaban J connectivity index is 1.83. The van der Waals surface area contributed by atoms with E-state index in [1.54, 1.807) is 24.3 Å². The number of hydrogen-bond donors (Lipinski definition) is 0. The second kappa shape index (κ2) is 6.04. The van der Waals surface area contributed by atoms with Gasteiger partial charge in [-0.25, -0.2) is 9.78 Å². The average molecular weight is 259 g/mol. The van der Waals surface area contributed by atoms with E-state index in [9.17, 15) is 4.79 Å². The number of carbonyl (C=O) groups is 1. The Kier molecular flexibility index (Phi) is 4.18. The van der Waals surface area contributed by atoms with Crippen molar-refractivity contribution in [2.45, 2.75) is 6.92 Å². The number of aryl methyl sites for hydroxylation is 1. The van der Waals surface area contributed by atoms with Crippen molar-refractivity contribution in [1.82, 2.24) is 14.5 Å². The van der Waals surface area contributed by atoms with E-state index in [2.05, 4.69) is 4.98 Å². The van der Waals surface area contributed by atoms with Gasteiger partial charge in [0, 0.05) is 19.4 Å². The van der Waals surface area contributed by atoms with Crippen molar-refractivity contribution in [1.29, 1.82) is 0 Å². The molecule has 1 aromatic carbocycles. The number of nitrogens with zero attached hydrogens (tertiary/aromatic N) is 3. The fourth-order valence-electron chi connectivity index (χ4n) is 1.68. The number of para-hydroxylation sites is 1. The Morgan fingerprint density at radius 1 is 1.42 bits per heavy atom. The van der Waals surface area contributed by atoms with Crippen LogP contribution in [0.3, 0.4) is 0 Å². The summed E-state index contributed by atoms with van der Waals surface area (Å²) in [6.07, 6.45) is 4.69. The highest BCUT2D eigenvalue weighted by atomic mass is 16.5. The maximum Gasteiger partial charge on any atom is 0.329 e. The van der Waals surface area contributed by atoms with Crippen LogP contribution in [0.5, 0.6) is 5.75 Å². The van der Waals surface area contributed by atoms with Crippen molar-refractivity contribution in [3.8, 4) is 5.75 Å². The predicted octanol–water partition coefficient (Wildman–Crippen LogP) is 2.17. The summed E-state index contributed by atoms with van der Waals surface area (Å²) in [6.45, 7) is 2.98. The molecule has 0 aliphatic rings. The summed E-state index contributed by atoms with van der Waals surface area (Å²) in [6, 6.07) is 7.70. The van der Waals surface area contributed by atoms with E-state index in [0.717, 1.165) is 11.3 Å². The molecule has 2 rings (SSSR count). The van der Waals surface area contributed by atoms with Crippen molar-refractivity contribution in [3.63, 3.8) is 0 Å². The highest BCUT2D eigenvalue weighted by Crippen LogP contribution is 2.15. The van der Waals surface area contributed by atoms with Crippen LogP contribution in [0.25, 0.3) is 0 Å². The van der Waals surface area contributed by atoms with Crippen LogP contribution in [-0.4, -0.2) is 40.7 Å². The second-order valence-corrected chi connectivity index (χ2v) is 4.29. The first kappa shape index (κ1) is 13.1. The van der Waals surface area contributed by atoms with Crippen LogP contribution < -0.4 is 4.74 Å². The van der Waals surface area contributed by atoms with Gasteiger partial charge in [-0.2, -0.15) is 0 Å². The minimum atomic E-state index is -0.120. The molecular formula is C14H17N3O2. The highest BCUT2D eigenvalue weighted by molar-refractivity contribution is 5.76. The van der Waals surface area contributed by atoms with E-state index in [4.69, 9.17) is 4.74 Å². The fraction of sp³-hybridized carbons (Fsp3) is 0.286. The average Bonchev–Trinajstić information content (AvgIpc) is 2.94. The molecule has 5 heteroatoms. The zero-order chi connectivity index (χ0) is 13.7. The first-order chi connectivity index (χ1) is 9.18. The number of aromatic nitrogens is 2. The second-order valence-electron chi connectivity index (χ2n) is 4.29. The summed E-state index contributed by atoms with van der Waals surface area (Å²) in [5.41, 5.74) is 1.09. The molecule has 0 saturated carbocycles. The Bertz CT molecular complexity index is 537. The summed E-state index contributed by atoms with van der Waals surface area (Å²) in [5.74, 6) is 0.853. The molecular weight excluding hydrogens is 242 g/mol. The third-order valence-electron chi connectivity index (χ3n) is 2.83. The van der Waals surface area contributed by atoms with Crippen LogP contribution in [0.1, 0.15) is 5.56 Å². The summed E-state index contributed by atoms with van der Waals surface area (Å²) >= 11 is 0. The monoisotopic (exact) mass is 259 g/mol. The molecule has 19 heavy (non-hydrogen) atoms. The molecule has 0 aliphatic heterocycles. The topological polar surface area (TPSA) is 47.4 Å². The minimum Gasteiger partial charge on any atom is -0.491 e. The number of ether oxygens (including phenoxy) is 1.